The number of rotatable bonds is 4. The van der Waals surface area contributed by atoms with Gasteiger partial charge in [0.15, 0.2) is 0 Å². The lowest BCUT2D eigenvalue weighted by molar-refractivity contribution is -0.0256. The standard InChI is InChI=1S/C19H28O2/c1-2-5-15-8-11-19(20,12-9-15)14-16-10-13-21-18-7-4-3-6-17(16)18/h3-4,6-7,15-16,20H,2,5,8-14H2,1H3. The lowest BCUT2D eigenvalue weighted by Crippen LogP contribution is -2.36. The van der Waals surface area contributed by atoms with Gasteiger partial charge in [-0.05, 0) is 62.0 Å². The van der Waals surface area contributed by atoms with Crippen molar-refractivity contribution in [3.8, 4) is 5.75 Å². The molecule has 116 valence electrons. The molecule has 1 fully saturated rings. The topological polar surface area (TPSA) is 29.5 Å². The third-order valence-corrected chi connectivity index (χ3v) is 5.44. The number of hydrogen-bond donors (Lipinski definition) is 1. The summed E-state index contributed by atoms with van der Waals surface area (Å²) in [7, 11) is 0. The van der Waals surface area contributed by atoms with E-state index < -0.39 is 5.60 Å². The van der Waals surface area contributed by atoms with Gasteiger partial charge in [0.25, 0.3) is 0 Å². The van der Waals surface area contributed by atoms with Crippen LogP contribution < -0.4 is 4.74 Å². The highest BCUT2D eigenvalue weighted by molar-refractivity contribution is 5.38. The Kier molecular flexibility index (Phi) is 4.54. The van der Waals surface area contributed by atoms with Crippen molar-refractivity contribution in [3.63, 3.8) is 0 Å². The first-order valence-electron chi connectivity index (χ1n) is 8.64. The van der Waals surface area contributed by atoms with Crippen molar-refractivity contribution in [2.45, 2.75) is 69.8 Å². The second-order valence-electron chi connectivity index (χ2n) is 7.03. The second kappa shape index (κ2) is 6.39. The summed E-state index contributed by atoms with van der Waals surface area (Å²) in [5, 5.41) is 11.0. The Morgan fingerprint density at radius 3 is 2.71 bits per heavy atom. The van der Waals surface area contributed by atoms with Crippen molar-refractivity contribution >= 4 is 0 Å². The van der Waals surface area contributed by atoms with Crippen molar-refractivity contribution in [1.82, 2.24) is 0 Å². The van der Waals surface area contributed by atoms with Gasteiger partial charge in [-0.15, -0.1) is 0 Å². The summed E-state index contributed by atoms with van der Waals surface area (Å²) in [6, 6.07) is 8.35. The molecule has 1 atom stereocenters. The summed E-state index contributed by atoms with van der Waals surface area (Å²) in [6.45, 7) is 3.05. The molecule has 1 unspecified atom stereocenters. The second-order valence-corrected chi connectivity index (χ2v) is 7.03. The smallest absolute Gasteiger partial charge is 0.122 e. The van der Waals surface area contributed by atoms with Gasteiger partial charge in [-0.2, -0.15) is 0 Å². The average molecular weight is 288 g/mol. The molecule has 2 heteroatoms. The van der Waals surface area contributed by atoms with Crippen molar-refractivity contribution in [1.29, 1.82) is 0 Å². The zero-order valence-corrected chi connectivity index (χ0v) is 13.2. The van der Waals surface area contributed by atoms with E-state index in [9.17, 15) is 5.11 Å². The maximum atomic E-state index is 11.0. The predicted molar refractivity (Wildman–Crippen MR) is 85.7 cm³/mol. The van der Waals surface area contributed by atoms with E-state index in [0.29, 0.717) is 5.92 Å². The highest BCUT2D eigenvalue weighted by Gasteiger charge is 2.36. The maximum absolute atomic E-state index is 11.0. The SMILES string of the molecule is CCCC1CCC(O)(CC2CCOc3ccccc32)CC1. The third-order valence-electron chi connectivity index (χ3n) is 5.44. The van der Waals surface area contributed by atoms with Gasteiger partial charge in [0.1, 0.15) is 5.75 Å². The van der Waals surface area contributed by atoms with Crippen LogP contribution in [0.5, 0.6) is 5.75 Å². The van der Waals surface area contributed by atoms with Crippen LogP contribution in [-0.4, -0.2) is 17.3 Å². The Morgan fingerprint density at radius 1 is 1.19 bits per heavy atom. The summed E-state index contributed by atoms with van der Waals surface area (Å²) in [5.74, 6) is 2.33. The van der Waals surface area contributed by atoms with Crippen LogP contribution >= 0.6 is 0 Å². The molecule has 2 aliphatic rings. The van der Waals surface area contributed by atoms with E-state index >= 15 is 0 Å². The van der Waals surface area contributed by atoms with E-state index in [1.54, 1.807) is 0 Å². The van der Waals surface area contributed by atoms with E-state index in [-0.39, 0.29) is 0 Å². The largest absolute Gasteiger partial charge is 0.493 e. The van der Waals surface area contributed by atoms with Crippen LogP contribution in [0.1, 0.15) is 69.8 Å². The van der Waals surface area contributed by atoms with Gasteiger partial charge < -0.3 is 9.84 Å². The quantitative estimate of drug-likeness (QED) is 0.873. The fourth-order valence-corrected chi connectivity index (χ4v) is 4.20. The lowest BCUT2D eigenvalue weighted by Gasteiger charge is -2.39. The fourth-order valence-electron chi connectivity index (χ4n) is 4.20. The number of benzene rings is 1. The number of para-hydroxylation sites is 1. The summed E-state index contributed by atoms with van der Waals surface area (Å²) >= 11 is 0. The fraction of sp³-hybridized carbons (Fsp3) is 0.684. The first kappa shape index (κ1) is 14.9. The molecule has 1 aliphatic carbocycles. The molecule has 2 nitrogen and oxygen atoms in total. The van der Waals surface area contributed by atoms with Gasteiger partial charge in [0.2, 0.25) is 0 Å². The van der Waals surface area contributed by atoms with E-state index in [1.165, 1.54) is 31.2 Å². The lowest BCUT2D eigenvalue weighted by atomic mass is 9.72. The third kappa shape index (κ3) is 3.42. The van der Waals surface area contributed by atoms with Crippen molar-refractivity contribution in [3.05, 3.63) is 29.8 Å². The summed E-state index contributed by atoms with van der Waals surface area (Å²) in [5.41, 5.74) is 0.854. The van der Waals surface area contributed by atoms with Crippen LogP contribution in [0.25, 0.3) is 0 Å². The summed E-state index contributed by atoms with van der Waals surface area (Å²) < 4.78 is 5.74. The molecule has 0 aromatic heterocycles. The number of hydrogen-bond acceptors (Lipinski definition) is 2. The van der Waals surface area contributed by atoms with Gasteiger partial charge in [-0.3, -0.25) is 0 Å². The highest BCUT2D eigenvalue weighted by atomic mass is 16.5. The van der Waals surface area contributed by atoms with E-state index in [4.69, 9.17) is 4.74 Å². The molecule has 1 saturated carbocycles. The molecule has 0 spiro atoms. The van der Waals surface area contributed by atoms with Crippen LogP contribution in [-0.2, 0) is 0 Å². The van der Waals surface area contributed by atoms with Gasteiger partial charge in [0.05, 0.1) is 12.2 Å². The molecule has 21 heavy (non-hydrogen) atoms. The highest BCUT2D eigenvalue weighted by Crippen LogP contribution is 2.44. The Bertz CT molecular complexity index is 460. The molecule has 0 amide bonds. The molecule has 0 bridgehead atoms. The first-order chi connectivity index (χ1) is 10.2. The molecule has 1 heterocycles. The number of aliphatic hydroxyl groups is 1. The van der Waals surface area contributed by atoms with E-state index in [1.807, 2.05) is 6.07 Å². The first-order valence-corrected chi connectivity index (χ1v) is 8.64. The van der Waals surface area contributed by atoms with Crippen LogP contribution in [0, 0.1) is 5.92 Å². The minimum absolute atomic E-state index is 0.445. The van der Waals surface area contributed by atoms with Gasteiger partial charge in [0, 0.05) is 0 Å². The Morgan fingerprint density at radius 2 is 1.95 bits per heavy atom. The minimum Gasteiger partial charge on any atom is -0.493 e. The van der Waals surface area contributed by atoms with Crippen LogP contribution in [0.15, 0.2) is 24.3 Å². The molecule has 1 N–H and O–H groups in total. The van der Waals surface area contributed by atoms with Crippen molar-refractivity contribution in [2.24, 2.45) is 5.92 Å². The Balaban J connectivity index is 1.65. The molecular formula is C19H28O2. The van der Waals surface area contributed by atoms with Gasteiger partial charge >= 0.3 is 0 Å². The minimum atomic E-state index is -0.445. The maximum Gasteiger partial charge on any atom is 0.122 e. The molecule has 1 aromatic rings. The van der Waals surface area contributed by atoms with Crippen molar-refractivity contribution < 1.29 is 9.84 Å². The predicted octanol–water partition coefficient (Wildman–Crippen LogP) is 4.66. The molecule has 1 aliphatic heterocycles. The van der Waals surface area contributed by atoms with E-state index in [2.05, 4.69) is 25.1 Å². The monoisotopic (exact) mass is 288 g/mol. The number of ether oxygens (including phenoxy) is 1. The Hall–Kier alpha value is -1.02. The molecular weight excluding hydrogens is 260 g/mol. The Labute approximate surface area is 128 Å². The van der Waals surface area contributed by atoms with E-state index in [0.717, 1.165) is 44.0 Å². The molecule has 0 saturated heterocycles. The van der Waals surface area contributed by atoms with Gasteiger partial charge in [-0.25, -0.2) is 0 Å². The molecule has 1 aromatic carbocycles. The zero-order valence-electron chi connectivity index (χ0n) is 13.2. The van der Waals surface area contributed by atoms with Crippen LogP contribution in [0.2, 0.25) is 0 Å². The summed E-state index contributed by atoms with van der Waals surface area (Å²) in [4.78, 5) is 0. The average Bonchev–Trinajstić information content (AvgIpc) is 2.50. The van der Waals surface area contributed by atoms with Crippen molar-refractivity contribution in [2.75, 3.05) is 6.61 Å². The molecule has 3 rings (SSSR count). The normalized spacial score (nSPS) is 32.3. The number of fused-ring (bicyclic) bond motifs is 1. The molecule has 0 radical (unpaired) electrons. The zero-order chi connectivity index (χ0) is 14.7. The van der Waals surface area contributed by atoms with Crippen LogP contribution in [0.3, 0.4) is 0 Å². The van der Waals surface area contributed by atoms with Gasteiger partial charge in [-0.1, -0.05) is 38.0 Å². The summed E-state index contributed by atoms with van der Waals surface area (Å²) in [6.07, 6.45) is 8.93. The van der Waals surface area contributed by atoms with Crippen LogP contribution in [0.4, 0.5) is 0 Å².